The molecule has 0 bridgehead atoms. The maximum absolute atomic E-state index is 12.8. The summed E-state index contributed by atoms with van der Waals surface area (Å²) < 4.78 is 11.2. The van der Waals surface area contributed by atoms with Gasteiger partial charge in [-0.15, -0.1) is 0 Å². The Morgan fingerprint density at radius 3 is 2.52 bits per heavy atom. The summed E-state index contributed by atoms with van der Waals surface area (Å²) in [4.78, 5) is 37.0. The highest BCUT2D eigenvalue weighted by atomic mass is 79.9. The molecule has 0 saturated heterocycles. The molecule has 1 N–H and O–H groups in total. The predicted molar refractivity (Wildman–Crippen MR) is 111 cm³/mol. The zero-order valence-electron chi connectivity index (χ0n) is 16.1. The first kappa shape index (κ1) is 22.2. The van der Waals surface area contributed by atoms with Gasteiger partial charge in [-0.2, -0.15) is 0 Å². The number of ether oxygens (including phenoxy) is 2. The molecule has 0 aliphatic heterocycles. The number of nitrogens with one attached hydrogen (secondary N) is 1. The number of nitro groups is 1. The van der Waals surface area contributed by atoms with Crippen LogP contribution in [0.4, 0.5) is 11.4 Å². The van der Waals surface area contributed by atoms with Crippen molar-refractivity contribution in [3.63, 3.8) is 0 Å². The fourth-order valence-electron chi connectivity index (χ4n) is 2.54. The lowest BCUT2D eigenvalue weighted by Crippen LogP contribution is -2.35. The molecule has 2 aromatic rings. The van der Waals surface area contributed by atoms with E-state index in [4.69, 9.17) is 9.47 Å². The van der Waals surface area contributed by atoms with Crippen molar-refractivity contribution in [1.29, 1.82) is 0 Å². The van der Waals surface area contributed by atoms with Gasteiger partial charge < -0.3 is 19.7 Å². The smallest absolute Gasteiger partial charge is 0.286 e. The summed E-state index contributed by atoms with van der Waals surface area (Å²) in [6.45, 7) is 1.70. The molecular weight excluding hydrogens is 446 g/mol. The van der Waals surface area contributed by atoms with Crippen molar-refractivity contribution < 1.29 is 24.0 Å². The van der Waals surface area contributed by atoms with Gasteiger partial charge in [0.1, 0.15) is 5.56 Å². The quantitative estimate of drug-likeness (QED) is 0.471. The van der Waals surface area contributed by atoms with Crippen LogP contribution >= 0.6 is 15.9 Å². The largest absolute Gasteiger partial charge is 0.493 e. The van der Waals surface area contributed by atoms with E-state index in [9.17, 15) is 19.7 Å². The van der Waals surface area contributed by atoms with Gasteiger partial charge in [0.05, 0.1) is 36.9 Å². The van der Waals surface area contributed by atoms with E-state index in [1.807, 2.05) is 0 Å². The molecule has 154 valence electrons. The maximum atomic E-state index is 12.8. The first-order chi connectivity index (χ1) is 13.8. The Hall–Kier alpha value is -3.14. The molecule has 2 aromatic carbocycles. The number of methoxy groups -OCH3 is 1. The fourth-order valence-corrected chi connectivity index (χ4v) is 2.93. The highest BCUT2D eigenvalue weighted by Gasteiger charge is 2.27. The van der Waals surface area contributed by atoms with E-state index in [1.165, 1.54) is 20.2 Å². The number of nitro benzene ring substituents is 1. The van der Waals surface area contributed by atoms with Crippen molar-refractivity contribution in [3.8, 4) is 11.5 Å². The third-order valence-corrected chi connectivity index (χ3v) is 4.58. The monoisotopic (exact) mass is 465 g/mol. The van der Waals surface area contributed by atoms with Gasteiger partial charge in [-0.05, 0) is 35.0 Å². The lowest BCUT2D eigenvalue weighted by molar-refractivity contribution is -0.385. The number of amides is 2. The Bertz CT molecular complexity index is 934. The Labute approximate surface area is 175 Å². The number of hydrogen-bond donors (Lipinski definition) is 1. The molecule has 0 aromatic heterocycles. The van der Waals surface area contributed by atoms with Gasteiger partial charge in [-0.25, -0.2) is 0 Å². The minimum absolute atomic E-state index is 0.160. The molecule has 29 heavy (non-hydrogen) atoms. The number of nitrogens with zero attached hydrogens (tertiary/aromatic N) is 2. The second-order valence-electron chi connectivity index (χ2n) is 5.90. The molecule has 0 aliphatic rings. The van der Waals surface area contributed by atoms with Crippen LogP contribution in [0.3, 0.4) is 0 Å². The topological polar surface area (TPSA) is 111 Å². The maximum Gasteiger partial charge on any atom is 0.286 e. The Balaban J connectivity index is 2.24. The van der Waals surface area contributed by atoms with E-state index >= 15 is 0 Å². The van der Waals surface area contributed by atoms with Crippen molar-refractivity contribution >= 4 is 39.1 Å². The highest BCUT2D eigenvalue weighted by Crippen LogP contribution is 2.35. The molecule has 2 rings (SSSR count). The standard InChI is InChI=1S/C19H20BrN3O6/c1-4-29-17-10-15(23(26)27)12(9-16(17)28-3)19(25)22(2)11-18(24)21-14-8-6-5-7-13(14)20/h5-10H,4,11H2,1-3H3,(H,21,24). The minimum Gasteiger partial charge on any atom is -0.493 e. The third-order valence-electron chi connectivity index (χ3n) is 3.88. The number of likely N-dealkylation sites (N-methyl/N-ethyl adjacent to an activating group) is 1. The zero-order chi connectivity index (χ0) is 21.6. The van der Waals surface area contributed by atoms with Crippen LogP contribution in [0.5, 0.6) is 11.5 Å². The molecule has 0 spiro atoms. The third kappa shape index (κ3) is 5.44. The Kier molecular flexibility index (Phi) is 7.54. The van der Waals surface area contributed by atoms with Crippen LogP contribution in [-0.2, 0) is 4.79 Å². The SMILES string of the molecule is CCOc1cc([N+](=O)[O-])c(C(=O)N(C)CC(=O)Nc2ccccc2Br)cc1OC. The van der Waals surface area contributed by atoms with Crippen molar-refractivity contribution in [3.05, 3.63) is 56.5 Å². The molecular formula is C19H20BrN3O6. The van der Waals surface area contributed by atoms with Crippen LogP contribution in [0.2, 0.25) is 0 Å². The van der Waals surface area contributed by atoms with Crippen LogP contribution in [0.15, 0.2) is 40.9 Å². The number of anilines is 1. The fraction of sp³-hybridized carbons (Fsp3) is 0.263. The zero-order valence-corrected chi connectivity index (χ0v) is 17.7. The van der Waals surface area contributed by atoms with Crippen LogP contribution in [0.1, 0.15) is 17.3 Å². The molecule has 0 heterocycles. The summed E-state index contributed by atoms with van der Waals surface area (Å²) in [7, 11) is 2.75. The number of hydrogen-bond acceptors (Lipinski definition) is 6. The number of carbonyl (C=O) groups excluding carboxylic acids is 2. The van der Waals surface area contributed by atoms with Crippen LogP contribution in [-0.4, -0.2) is 48.9 Å². The van der Waals surface area contributed by atoms with E-state index in [0.717, 1.165) is 11.0 Å². The second-order valence-corrected chi connectivity index (χ2v) is 6.75. The van der Waals surface area contributed by atoms with E-state index in [2.05, 4.69) is 21.2 Å². The van der Waals surface area contributed by atoms with E-state index in [-0.39, 0.29) is 30.2 Å². The van der Waals surface area contributed by atoms with Crippen molar-refractivity contribution in [2.24, 2.45) is 0 Å². The van der Waals surface area contributed by atoms with Gasteiger partial charge in [0.25, 0.3) is 11.6 Å². The van der Waals surface area contributed by atoms with E-state index < -0.39 is 22.4 Å². The molecule has 2 amide bonds. The Morgan fingerprint density at radius 2 is 1.93 bits per heavy atom. The minimum atomic E-state index is -0.694. The molecule has 0 radical (unpaired) electrons. The molecule has 0 fully saturated rings. The summed E-state index contributed by atoms with van der Waals surface area (Å²) in [5, 5.41) is 14.1. The highest BCUT2D eigenvalue weighted by molar-refractivity contribution is 9.10. The molecule has 0 atom stereocenters. The van der Waals surface area contributed by atoms with Crippen molar-refractivity contribution in [2.45, 2.75) is 6.92 Å². The normalized spacial score (nSPS) is 10.2. The van der Waals surface area contributed by atoms with E-state index in [0.29, 0.717) is 10.2 Å². The lowest BCUT2D eigenvalue weighted by atomic mass is 10.1. The number of para-hydroxylation sites is 1. The van der Waals surface area contributed by atoms with Crippen LogP contribution < -0.4 is 14.8 Å². The molecule has 10 heteroatoms. The molecule has 9 nitrogen and oxygen atoms in total. The molecule has 0 unspecified atom stereocenters. The second kappa shape index (κ2) is 9.87. The van der Waals surface area contributed by atoms with Crippen molar-refractivity contribution in [2.75, 3.05) is 32.6 Å². The summed E-state index contributed by atoms with van der Waals surface area (Å²) >= 11 is 3.32. The summed E-state index contributed by atoms with van der Waals surface area (Å²) in [6.07, 6.45) is 0. The van der Waals surface area contributed by atoms with Crippen LogP contribution in [0, 0.1) is 10.1 Å². The van der Waals surface area contributed by atoms with Gasteiger partial charge in [0.15, 0.2) is 11.5 Å². The average molecular weight is 466 g/mol. The molecule has 0 aliphatic carbocycles. The summed E-state index contributed by atoms with van der Waals surface area (Å²) in [5.41, 5.74) is -0.0872. The number of rotatable bonds is 8. The lowest BCUT2D eigenvalue weighted by Gasteiger charge is -2.18. The summed E-state index contributed by atoms with van der Waals surface area (Å²) in [5.74, 6) is -0.798. The van der Waals surface area contributed by atoms with Crippen LogP contribution in [0.25, 0.3) is 0 Å². The predicted octanol–water partition coefficient (Wildman–Crippen LogP) is 3.48. The first-order valence-corrected chi connectivity index (χ1v) is 9.36. The van der Waals surface area contributed by atoms with Gasteiger partial charge >= 0.3 is 0 Å². The van der Waals surface area contributed by atoms with Gasteiger partial charge in [0.2, 0.25) is 5.91 Å². The Morgan fingerprint density at radius 1 is 1.24 bits per heavy atom. The van der Waals surface area contributed by atoms with E-state index in [1.54, 1.807) is 31.2 Å². The number of benzene rings is 2. The average Bonchev–Trinajstić information content (AvgIpc) is 2.68. The van der Waals surface area contributed by atoms with Crippen molar-refractivity contribution in [1.82, 2.24) is 4.90 Å². The number of halogens is 1. The first-order valence-electron chi connectivity index (χ1n) is 8.57. The van der Waals surface area contributed by atoms with Gasteiger partial charge in [-0.1, -0.05) is 12.1 Å². The summed E-state index contributed by atoms with van der Waals surface area (Å²) in [6, 6.07) is 9.41. The molecule has 0 saturated carbocycles. The van der Waals surface area contributed by atoms with Gasteiger partial charge in [0, 0.05) is 17.6 Å². The number of carbonyl (C=O) groups is 2. The van der Waals surface area contributed by atoms with Gasteiger partial charge in [-0.3, -0.25) is 19.7 Å².